The molecule has 1 atom stereocenters. The molecule has 0 spiro atoms. The van der Waals surface area contributed by atoms with Crippen LogP contribution < -0.4 is 10.2 Å². The second kappa shape index (κ2) is 5.15. The Kier molecular flexibility index (Phi) is 3.69. The minimum atomic E-state index is -4.44. The Balaban J connectivity index is 2.23. The van der Waals surface area contributed by atoms with E-state index in [4.69, 9.17) is 0 Å². The van der Waals surface area contributed by atoms with E-state index in [0.29, 0.717) is 6.42 Å². The average Bonchev–Trinajstić information content (AvgIpc) is 2.37. The standard InChI is InChI=1S/C13H13F3N2O2/c1-2-9-7-11(19)18(12(20)17-9)10-5-3-8(4-6-10)13(14,15)16/h3-6,9H,2,7H2,1H3,(H,17,20). The SMILES string of the molecule is CCC1CC(=O)N(c2ccc(C(F)(F)F)cc2)C(=O)N1. The second-order valence-corrected chi connectivity index (χ2v) is 4.53. The quantitative estimate of drug-likeness (QED) is 0.908. The number of imide groups is 1. The molecule has 1 aromatic rings. The lowest BCUT2D eigenvalue weighted by Crippen LogP contribution is -2.54. The number of nitrogens with zero attached hydrogens (tertiary/aromatic N) is 1. The monoisotopic (exact) mass is 286 g/mol. The predicted molar refractivity (Wildman–Crippen MR) is 66.2 cm³/mol. The third kappa shape index (κ3) is 2.76. The molecular weight excluding hydrogens is 273 g/mol. The number of nitrogens with one attached hydrogen (secondary N) is 1. The largest absolute Gasteiger partial charge is 0.416 e. The van der Waals surface area contributed by atoms with Crippen LogP contribution in [0.1, 0.15) is 25.3 Å². The molecule has 108 valence electrons. The fraction of sp³-hybridized carbons (Fsp3) is 0.385. The Morgan fingerprint density at radius 2 is 1.85 bits per heavy atom. The zero-order chi connectivity index (χ0) is 14.9. The maximum Gasteiger partial charge on any atom is 0.416 e. The molecule has 2 rings (SSSR count). The van der Waals surface area contributed by atoms with Crippen molar-refractivity contribution in [1.29, 1.82) is 0 Å². The van der Waals surface area contributed by atoms with Crippen molar-refractivity contribution in [2.24, 2.45) is 0 Å². The summed E-state index contributed by atoms with van der Waals surface area (Å²) in [5.41, 5.74) is -0.687. The van der Waals surface area contributed by atoms with E-state index in [9.17, 15) is 22.8 Å². The molecule has 1 fully saturated rings. The Hall–Kier alpha value is -2.05. The van der Waals surface area contributed by atoms with Gasteiger partial charge in [0.05, 0.1) is 11.3 Å². The van der Waals surface area contributed by atoms with Crippen molar-refractivity contribution in [3.8, 4) is 0 Å². The highest BCUT2D eigenvalue weighted by Gasteiger charge is 2.34. The molecule has 1 aliphatic rings. The fourth-order valence-corrected chi connectivity index (χ4v) is 2.01. The van der Waals surface area contributed by atoms with Gasteiger partial charge in [-0.1, -0.05) is 6.92 Å². The molecule has 1 N–H and O–H groups in total. The first kappa shape index (κ1) is 14.4. The lowest BCUT2D eigenvalue weighted by atomic mass is 10.1. The van der Waals surface area contributed by atoms with E-state index < -0.39 is 23.7 Å². The van der Waals surface area contributed by atoms with Gasteiger partial charge in [-0.2, -0.15) is 13.2 Å². The van der Waals surface area contributed by atoms with Crippen LogP contribution in [0.4, 0.5) is 23.7 Å². The molecule has 7 heteroatoms. The van der Waals surface area contributed by atoms with Crippen molar-refractivity contribution in [2.75, 3.05) is 4.90 Å². The maximum absolute atomic E-state index is 12.5. The molecule has 1 aromatic carbocycles. The molecule has 20 heavy (non-hydrogen) atoms. The predicted octanol–water partition coefficient (Wildman–Crippen LogP) is 2.93. The van der Waals surface area contributed by atoms with Crippen molar-refractivity contribution < 1.29 is 22.8 Å². The number of hydrogen-bond acceptors (Lipinski definition) is 2. The molecule has 0 aromatic heterocycles. The molecule has 4 nitrogen and oxygen atoms in total. The smallest absolute Gasteiger partial charge is 0.334 e. The molecule has 0 bridgehead atoms. The van der Waals surface area contributed by atoms with Crippen molar-refractivity contribution in [3.05, 3.63) is 29.8 Å². The van der Waals surface area contributed by atoms with Gasteiger partial charge in [0.25, 0.3) is 0 Å². The minimum Gasteiger partial charge on any atom is -0.334 e. The van der Waals surface area contributed by atoms with E-state index in [0.717, 1.165) is 29.2 Å². The van der Waals surface area contributed by atoms with Crippen molar-refractivity contribution >= 4 is 17.6 Å². The lowest BCUT2D eigenvalue weighted by molar-refractivity contribution is -0.137. The number of carbonyl (C=O) groups is 2. The highest BCUT2D eigenvalue weighted by atomic mass is 19.4. The van der Waals surface area contributed by atoms with Gasteiger partial charge in [-0.25, -0.2) is 9.69 Å². The molecule has 1 unspecified atom stereocenters. The van der Waals surface area contributed by atoms with E-state index in [-0.39, 0.29) is 18.2 Å². The van der Waals surface area contributed by atoms with Crippen LogP contribution >= 0.6 is 0 Å². The van der Waals surface area contributed by atoms with Crippen LogP contribution in [0.15, 0.2) is 24.3 Å². The molecule has 0 aliphatic carbocycles. The summed E-state index contributed by atoms with van der Waals surface area (Å²) in [4.78, 5) is 24.6. The fourth-order valence-electron chi connectivity index (χ4n) is 2.01. The number of carbonyl (C=O) groups excluding carboxylic acids is 2. The van der Waals surface area contributed by atoms with Crippen LogP contribution in [-0.2, 0) is 11.0 Å². The van der Waals surface area contributed by atoms with Gasteiger partial charge in [0.2, 0.25) is 5.91 Å². The Labute approximate surface area is 113 Å². The van der Waals surface area contributed by atoms with Crippen LogP contribution in [0.3, 0.4) is 0 Å². The van der Waals surface area contributed by atoms with Gasteiger partial charge in [0.15, 0.2) is 0 Å². The van der Waals surface area contributed by atoms with Crippen molar-refractivity contribution in [3.63, 3.8) is 0 Å². The first-order valence-corrected chi connectivity index (χ1v) is 6.13. The molecule has 1 heterocycles. The zero-order valence-corrected chi connectivity index (χ0v) is 10.7. The summed E-state index contributed by atoms with van der Waals surface area (Å²) in [6.45, 7) is 1.84. The number of alkyl halides is 3. The number of anilines is 1. The number of amides is 3. The van der Waals surface area contributed by atoms with Gasteiger partial charge < -0.3 is 5.32 Å². The minimum absolute atomic E-state index is 0.134. The molecule has 0 saturated carbocycles. The Morgan fingerprint density at radius 1 is 1.25 bits per heavy atom. The summed E-state index contributed by atoms with van der Waals surface area (Å²) < 4.78 is 37.4. The van der Waals surface area contributed by atoms with Crippen molar-refractivity contribution in [2.45, 2.75) is 32.0 Å². The summed E-state index contributed by atoms with van der Waals surface area (Å²) >= 11 is 0. The number of halogens is 3. The van der Waals surface area contributed by atoms with Crippen LogP contribution in [-0.4, -0.2) is 18.0 Å². The molecular formula is C13H13F3N2O2. The third-order valence-electron chi connectivity index (χ3n) is 3.15. The number of hydrogen-bond donors (Lipinski definition) is 1. The second-order valence-electron chi connectivity index (χ2n) is 4.53. The van der Waals surface area contributed by atoms with E-state index >= 15 is 0 Å². The van der Waals surface area contributed by atoms with Gasteiger partial charge >= 0.3 is 12.2 Å². The van der Waals surface area contributed by atoms with Crippen LogP contribution in [0.2, 0.25) is 0 Å². The number of rotatable bonds is 2. The van der Waals surface area contributed by atoms with E-state index in [2.05, 4.69) is 5.32 Å². The van der Waals surface area contributed by atoms with Crippen molar-refractivity contribution in [1.82, 2.24) is 5.32 Å². The lowest BCUT2D eigenvalue weighted by Gasteiger charge is -2.30. The Morgan fingerprint density at radius 3 is 2.30 bits per heavy atom. The van der Waals surface area contributed by atoms with Gasteiger partial charge in [-0.3, -0.25) is 4.79 Å². The summed E-state index contributed by atoms with van der Waals surface area (Å²) in [6, 6.07) is 3.11. The summed E-state index contributed by atoms with van der Waals surface area (Å²) in [5.74, 6) is -0.416. The third-order valence-corrected chi connectivity index (χ3v) is 3.15. The highest BCUT2D eigenvalue weighted by Crippen LogP contribution is 2.31. The van der Waals surface area contributed by atoms with E-state index in [1.54, 1.807) is 0 Å². The highest BCUT2D eigenvalue weighted by molar-refractivity contribution is 6.16. The van der Waals surface area contributed by atoms with Crippen LogP contribution in [0.25, 0.3) is 0 Å². The topological polar surface area (TPSA) is 49.4 Å². The van der Waals surface area contributed by atoms with E-state index in [1.165, 1.54) is 0 Å². The normalized spacial score (nSPS) is 20.0. The number of urea groups is 1. The van der Waals surface area contributed by atoms with Gasteiger partial charge in [0.1, 0.15) is 0 Å². The molecule has 3 amide bonds. The zero-order valence-electron chi connectivity index (χ0n) is 10.7. The summed E-state index contributed by atoms with van der Waals surface area (Å²) in [7, 11) is 0. The van der Waals surface area contributed by atoms with E-state index in [1.807, 2.05) is 6.92 Å². The van der Waals surface area contributed by atoms with Gasteiger partial charge in [0, 0.05) is 12.5 Å². The maximum atomic E-state index is 12.5. The molecule has 1 aliphatic heterocycles. The van der Waals surface area contributed by atoms with Crippen LogP contribution in [0, 0.1) is 0 Å². The Bertz CT molecular complexity index is 507. The average molecular weight is 286 g/mol. The number of benzene rings is 1. The van der Waals surface area contributed by atoms with Gasteiger partial charge in [-0.05, 0) is 30.7 Å². The first-order chi connectivity index (χ1) is 9.32. The molecule has 0 radical (unpaired) electrons. The summed E-state index contributed by atoms with van der Waals surface area (Å²) in [5, 5.41) is 2.63. The summed E-state index contributed by atoms with van der Waals surface area (Å²) in [6.07, 6.45) is -3.68. The molecule has 1 saturated heterocycles. The first-order valence-electron chi connectivity index (χ1n) is 6.13. The van der Waals surface area contributed by atoms with Gasteiger partial charge in [-0.15, -0.1) is 0 Å². The van der Waals surface area contributed by atoms with Crippen LogP contribution in [0.5, 0.6) is 0 Å².